The second-order valence-electron chi connectivity index (χ2n) is 4.32. The molecule has 104 valence electrons. The van der Waals surface area contributed by atoms with E-state index in [9.17, 15) is 9.59 Å². The average Bonchev–Trinajstić information content (AvgIpc) is 2.95. The molecule has 0 radical (unpaired) electrons. The van der Waals surface area contributed by atoms with Crippen LogP contribution in [0, 0.1) is 11.3 Å². The molecule has 0 saturated carbocycles. The van der Waals surface area contributed by atoms with Crippen molar-refractivity contribution in [1.82, 2.24) is 4.90 Å². The fourth-order valence-corrected chi connectivity index (χ4v) is 3.04. The smallest absolute Gasteiger partial charge is 0.327 e. The van der Waals surface area contributed by atoms with Crippen LogP contribution in [-0.4, -0.2) is 46.7 Å². The van der Waals surface area contributed by atoms with Gasteiger partial charge in [-0.15, -0.1) is 11.8 Å². The third-order valence-corrected chi connectivity index (χ3v) is 4.10. The fourth-order valence-electron chi connectivity index (χ4n) is 1.90. The second kappa shape index (κ2) is 5.84. The number of aliphatic carboxylic acids is 1. The molecular formula is C13H13N3O3S. The zero-order chi connectivity index (χ0) is 14.7. The van der Waals surface area contributed by atoms with Crippen LogP contribution in [0.25, 0.3) is 0 Å². The van der Waals surface area contributed by atoms with E-state index in [-0.39, 0.29) is 6.03 Å². The van der Waals surface area contributed by atoms with Crippen LogP contribution >= 0.6 is 11.8 Å². The first-order valence-electron chi connectivity index (χ1n) is 5.89. The number of amides is 2. The Bertz CT molecular complexity index is 567. The van der Waals surface area contributed by atoms with Gasteiger partial charge in [0.25, 0.3) is 0 Å². The van der Waals surface area contributed by atoms with Gasteiger partial charge < -0.3 is 10.0 Å². The van der Waals surface area contributed by atoms with E-state index in [1.807, 2.05) is 6.07 Å². The quantitative estimate of drug-likeness (QED) is 0.894. The molecule has 7 heteroatoms. The number of thioether (sulfide) groups is 1. The summed E-state index contributed by atoms with van der Waals surface area (Å²) in [4.78, 5) is 26.2. The predicted octanol–water partition coefficient (Wildman–Crippen LogP) is 1.57. The number of carbonyl (C=O) groups excluding carboxylic acids is 1. The molecule has 1 aromatic carbocycles. The SMILES string of the molecule is CN(C(=O)N1CSC[C@H]1C(=O)O)c1ccc(C#N)cc1. The summed E-state index contributed by atoms with van der Waals surface area (Å²) >= 11 is 1.42. The van der Waals surface area contributed by atoms with E-state index in [2.05, 4.69) is 0 Å². The Morgan fingerprint density at radius 2 is 2.10 bits per heavy atom. The molecule has 0 unspecified atom stereocenters. The minimum Gasteiger partial charge on any atom is -0.480 e. The van der Waals surface area contributed by atoms with Crippen LogP contribution in [0.2, 0.25) is 0 Å². The van der Waals surface area contributed by atoms with Crippen molar-refractivity contribution in [3.05, 3.63) is 29.8 Å². The molecule has 6 nitrogen and oxygen atoms in total. The van der Waals surface area contributed by atoms with Crippen molar-refractivity contribution < 1.29 is 14.7 Å². The van der Waals surface area contributed by atoms with E-state index >= 15 is 0 Å². The lowest BCUT2D eigenvalue weighted by Gasteiger charge is -2.27. The Morgan fingerprint density at radius 1 is 1.45 bits per heavy atom. The monoisotopic (exact) mass is 291 g/mol. The van der Waals surface area contributed by atoms with Gasteiger partial charge in [0.05, 0.1) is 17.5 Å². The van der Waals surface area contributed by atoms with Crippen LogP contribution in [0.5, 0.6) is 0 Å². The molecule has 0 spiro atoms. The first-order valence-corrected chi connectivity index (χ1v) is 7.05. The van der Waals surface area contributed by atoms with Crippen molar-refractivity contribution in [3.8, 4) is 6.07 Å². The third-order valence-electron chi connectivity index (χ3n) is 3.08. The van der Waals surface area contributed by atoms with Crippen LogP contribution in [0.15, 0.2) is 24.3 Å². The van der Waals surface area contributed by atoms with Crippen molar-refractivity contribution in [2.45, 2.75) is 6.04 Å². The van der Waals surface area contributed by atoms with Gasteiger partial charge in [0.2, 0.25) is 0 Å². The van der Waals surface area contributed by atoms with Crippen molar-refractivity contribution in [1.29, 1.82) is 5.26 Å². The maximum absolute atomic E-state index is 12.3. The lowest BCUT2D eigenvalue weighted by atomic mass is 10.2. The van der Waals surface area contributed by atoms with Crippen molar-refractivity contribution in [2.24, 2.45) is 0 Å². The van der Waals surface area contributed by atoms with E-state index in [4.69, 9.17) is 10.4 Å². The number of hydrogen-bond acceptors (Lipinski definition) is 4. The van der Waals surface area contributed by atoms with Gasteiger partial charge in [-0.3, -0.25) is 4.90 Å². The molecule has 2 amide bonds. The van der Waals surface area contributed by atoms with Crippen molar-refractivity contribution in [3.63, 3.8) is 0 Å². The van der Waals surface area contributed by atoms with Crippen LogP contribution in [0.3, 0.4) is 0 Å². The molecule has 1 aromatic rings. The number of benzene rings is 1. The average molecular weight is 291 g/mol. The van der Waals surface area contributed by atoms with Crippen LogP contribution in [0.1, 0.15) is 5.56 Å². The number of anilines is 1. The minimum absolute atomic E-state index is 0.355. The van der Waals surface area contributed by atoms with E-state index in [0.717, 1.165) is 0 Å². The third kappa shape index (κ3) is 2.70. The Hall–Kier alpha value is -2.20. The van der Waals surface area contributed by atoms with E-state index in [0.29, 0.717) is 22.9 Å². The van der Waals surface area contributed by atoms with E-state index in [1.54, 1.807) is 31.3 Å². The van der Waals surface area contributed by atoms with E-state index in [1.165, 1.54) is 21.6 Å². The molecule has 0 aromatic heterocycles. The maximum atomic E-state index is 12.3. The van der Waals surface area contributed by atoms with Gasteiger partial charge in [0.15, 0.2) is 0 Å². The second-order valence-corrected chi connectivity index (χ2v) is 5.32. The molecule has 1 heterocycles. The Morgan fingerprint density at radius 3 is 2.65 bits per heavy atom. The molecule has 0 aliphatic carbocycles. The Kier molecular flexibility index (Phi) is 4.15. The number of nitrogens with zero attached hydrogens (tertiary/aromatic N) is 3. The molecule has 0 bridgehead atoms. The molecule has 1 fully saturated rings. The molecule has 1 N–H and O–H groups in total. The molecular weight excluding hydrogens is 278 g/mol. The first-order chi connectivity index (χ1) is 9.54. The van der Waals surface area contributed by atoms with Crippen LogP contribution in [0.4, 0.5) is 10.5 Å². The summed E-state index contributed by atoms with van der Waals surface area (Å²) in [5.41, 5.74) is 1.13. The zero-order valence-corrected chi connectivity index (χ0v) is 11.6. The summed E-state index contributed by atoms with van der Waals surface area (Å²) < 4.78 is 0. The number of hydrogen-bond donors (Lipinski definition) is 1. The molecule has 1 aliphatic heterocycles. The van der Waals surface area contributed by atoms with Gasteiger partial charge in [-0.25, -0.2) is 9.59 Å². The highest BCUT2D eigenvalue weighted by atomic mass is 32.2. The highest BCUT2D eigenvalue weighted by Gasteiger charge is 2.36. The highest BCUT2D eigenvalue weighted by molar-refractivity contribution is 7.99. The van der Waals surface area contributed by atoms with Gasteiger partial charge in [0, 0.05) is 18.5 Å². The predicted molar refractivity (Wildman–Crippen MR) is 75.5 cm³/mol. The Balaban J connectivity index is 2.15. The molecule has 2 rings (SSSR count). The molecule has 20 heavy (non-hydrogen) atoms. The zero-order valence-electron chi connectivity index (χ0n) is 10.8. The summed E-state index contributed by atoms with van der Waals surface area (Å²) in [6.07, 6.45) is 0. The number of carbonyl (C=O) groups is 2. The van der Waals surface area contributed by atoms with Gasteiger partial charge in [0.1, 0.15) is 6.04 Å². The number of urea groups is 1. The summed E-state index contributed by atoms with van der Waals surface area (Å²) in [7, 11) is 1.59. The van der Waals surface area contributed by atoms with Gasteiger partial charge in [-0.2, -0.15) is 5.26 Å². The molecule has 1 aliphatic rings. The summed E-state index contributed by atoms with van der Waals surface area (Å²) in [5, 5.41) is 17.8. The van der Waals surface area contributed by atoms with Gasteiger partial charge in [-0.1, -0.05) is 0 Å². The first kappa shape index (κ1) is 14.2. The molecule has 1 saturated heterocycles. The maximum Gasteiger partial charge on any atom is 0.327 e. The Labute approximate surface area is 120 Å². The lowest BCUT2D eigenvalue weighted by Crippen LogP contribution is -2.47. The molecule has 1 atom stereocenters. The number of carboxylic acids is 1. The summed E-state index contributed by atoms with van der Waals surface area (Å²) in [5.74, 6) is -0.213. The van der Waals surface area contributed by atoms with Gasteiger partial charge >= 0.3 is 12.0 Å². The number of nitriles is 1. The number of carboxylic acid groups (broad SMARTS) is 1. The number of rotatable bonds is 2. The van der Waals surface area contributed by atoms with E-state index < -0.39 is 12.0 Å². The summed E-state index contributed by atoms with van der Waals surface area (Å²) in [6.45, 7) is 0. The summed E-state index contributed by atoms with van der Waals surface area (Å²) in [6, 6.07) is 7.43. The van der Waals surface area contributed by atoms with Crippen LogP contribution < -0.4 is 4.90 Å². The van der Waals surface area contributed by atoms with Crippen molar-refractivity contribution >= 4 is 29.4 Å². The lowest BCUT2D eigenvalue weighted by molar-refractivity contribution is -0.140. The standard InChI is InChI=1S/C13H13N3O3S/c1-15(10-4-2-9(6-14)3-5-10)13(19)16-8-20-7-11(16)12(17)18/h2-5,11H,7-8H2,1H3,(H,17,18)/t11-/m0/s1. The highest BCUT2D eigenvalue weighted by Crippen LogP contribution is 2.24. The van der Waals surface area contributed by atoms with Crippen LogP contribution in [-0.2, 0) is 4.79 Å². The van der Waals surface area contributed by atoms with Gasteiger partial charge in [-0.05, 0) is 24.3 Å². The topological polar surface area (TPSA) is 84.6 Å². The largest absolute Gasteiger partial charge is 0.480 e. The minimum atomic E-state index is -0.989. The fraction of sp³-hybridized carbons (Fsp3) is 0.308. The normalized spacial score (nSPS) is 17.6. The van der Waals surface area contributed by atoms with Crippen molar-refractivity contribution in [2.75, 3.05) is 23.6 Å².